The van der Waals surface area contributed by atoms with Crippen LogP contribution in [0.1, 0.15) is 19.8 Å². The largest absolute Gasteiger partial charge is 0.396 e. The van der Waals surface area contributed by atoms with Crippen LogP contribution in [0.25, 0.3) is 0 Å². The Morgan fingerprint density at radius 2 is 2.39 bits per heavy atom. The predicted octanol–water partition coefficient (Wildman–Crippen LogP) is 0.699. The van der Waals surface area contributed by atoms with Crippen molar-refractivity contribution in [3.05, 3.63) is 6.07 Å². The van der Waals surface area contributed by atoms with Crippen molar-refractivity contribution in [2.75, 3.05) is 42.2 Å². The molecular weight excluding hydrogens is 230 g/mol. The Labute approximate surface area is 107 Å². The van der Waals surface area contributed by atoms with Gasteiger partial charge in [-0.1, -0.05) is 6.92 Å². The first-order valence-electron chi connectivity index (χ1n) is 6.47. The highest BCUT2D eigenvalue weighted by Gasteiger charge is 2.23. The zero-order chi connectivity index (χ0) is 13.0. The van der Waals surface area contributed by atoms with Crippen molar-refractivity contribution in [2.24, 2.45) is 5.92 Å². The second-order valence-corrected chi connectivity index (χ2v) is 4.68. The average molecular weight is 251 g/mol. The fraction of sp³-hybridized carbons (Fsp3) is 0.667. The van der Waals surface area contributed by atoms with E-state index in [2.05, 4.69) is 27.1 Å². The molecule has 0 aliphatic carbocycles. The summed E-state index contributed by atoms with van der Waals surface area (Å²) in [7, 11) is 0. The molecule has 1 fully saturated rings. The SMILES string of the molecule is CCCNc1cc(N2CCC(CO)C2)nc(N)n1. The van der Waals surface area contributed by atoms with E-state index < -0.39 is 0 Å². The number of aromatic nitrogens is 2. The third-order valence-corrected chi connectivity index (χ3v) is 3.15. The fourth-order valence-corrected chi connectivity index (χ4v) is 2.15. The van der Waals surface area contributed by atoms with Crippen LogP contribution in [0.4, 0.5) is 17.6 Å². The molecule has 0 saturated carbocycles. The van der Waals surface area contributed by atoms with Gasteiger partial charge < -0.3 is 21.1 Å². The van der Waals surface area contributed by atoms with E-state index in [1.165, 1.54) is 0 Å². The lowest BCUT2D eigenvalue weighted by Crippen LogP contribution is -2.22. The first-order valence-corrected chi connectivity index (χ1v) is 6.47. The summed E-state index contributed by atoms with van der Waals surface area (Å²) < 4.78 is 0. The highest BCUT2D eigenvalue weighted by Crippen LogP contribution is 2.24. The molecule has 4 N–H and O–H groups in total. The monoisotopic (exact) mass is 251 g/mol. The molecule has 0 bridgehead atoms. The number of nitrogens with one attached hydrogen (secondary N) is 1. The molecule has 1 aliphatic heterocycles. The molecule has 2 heterocycles. The quantitative estimate of drug-likeness (QED) is 0.714. The van der Waals surface area contributed by atoms with Gasteiger partial charge in [0.15, 0.2) is 0 Å². The molecule has 18 heavy (non-hydrogen) atoms. The summed E-state index contributed by atoms with van der Waals surface area (Å²) >= 11 is 0. The van der Waals surface area contributed by atoms with Gasteiger partial charge in [0.2, 0.25) is 5.95 Å². The second kappa shape index (κ2) is 5.86. The molecule has 1 aromatic rings. The highest BCUT2D eigenvalue weighted by atomic mass is 16.3. The molecule has 6 heteroatoms. The van der Waals surface area contributed by atoms with Crippen molar-refractivity contribution >= 4 is 17.6 Å². The normalized spacial score (nSPS) is 19.2. The van der Waals surface area contributed by atoms with E-state index in [1.54, 1.807) is 0 Å². The molecule has 1 unspecified atom stereocenters. The molecule has 1 saturated heterocycles. The molecule has 0 aromatic carbocycles. The summed E-state index contributed by atoms with van der Waals surface area (Å²) in [5.41, 5.74) is 5.73. The summed E-state index contributed by atoms with van der Waals surface area (Å²) in [6.07, 6.45) is 2.04. The van der Waals surface area contributed by atoms with Gasteiger partial charge in [0.05, 0.1) is 0 Å². The molecule has 1 aromatic heterocycles. The molecule has 1 atom stereocenters. The molecule has 0 radical (unpaired) electrons. The molecule has 100 valence electrons. The van der Waals surface area contributed by atoms with Crippen LogP contribution < -0.4 is 16.0 Å². The maximum Gasteiger partial charge on any atom is 0.223 e. The van der Waals surface area contributed by atoms with E-state index in [0.717, 1.165) is 44.1 Å². The average Bonchev–Trinajstić information content (AvgIpc) is 2.84. The van der Waals surface area contributed by atoms with Gasteiger partial charge in [-0.05, 0) is 12.8 Å². The van der Waals surface area contributed by atoms with E-state index in [1.807, 2.05) is 6.07 Å². The van der Waals surface area contributed by atoms with Crippen LogP contribution in [0.2, 0.25) is 0 Å². The number of hydrogen-bond donors (Lipinski definition) is 3. The molecule has 2 rings (SSSR count). The van der Waals surface area contributed by atoms with Gasteiger partial charge in [-0.25, -0.2) is 0 Å². The summed E-state index contributed by atoms with van der Waals surface area (Å²) in [5.74, 6) is 2.25. The van der Waals surface area contributed by atoms with Crippen molar-refractivity contribution in [2.45, 2.75) is 19.8 Å². The summed E-state index contributed by atoms with van der Waals surface area (Å²) in [6, 6.07) is 1.92. The Kier molecular flexibility index (Phi) is 4.19. The van der Waals surface area contributed by atoms with Crippen molar-refractivity contribution in [1.82, 2.24) is 9.97 Å². The molecular formula is C12H21N5O. The summed E-state index contributed by atoms with van der Waals surface area (Å²) in [6.45, 7) is 4.95. The maximum atomic E-state index is 9.16. The standard InChI is InChI=1S/C12H21N5O/c1-2-4-14-10-6-11(16-12(13)15-10)17-5-3-9(7-17)8-18/h6,9,18H,2-5,7-8H2,1H3,(H3,13,14,15,16). The third-order valence-electron chi connectivity index (χ3n) is 3.15. The van der Waals surface area contributed by atoms with Crippen LogP contribution >= 0.6 is 0 Å². The molecule has 0 amide bonds. The van der Waals surface area contributed by atoms with E-state index >= 15 is 0 Å². The third kappa shape index (κ3) is 3.01. The lowest BCUT2D eigenvalue weighted by atomic mass is 10.1. The Morgan fingerprint density at radius 1 is 1.56 bits per heavy atom. The van der Waals surface area contributed by atoms with Crippen LogP contribution in [0.15, 0.2) is 6.07 Å². The van der Waals surface area contributed by atoms with Crippen molar-refractivity contribution in [1.29, 1.82) is 0 Å². The number of nitrogens with two attached hydrogens (primary N) is 1. The number of rotatable bonds is 5. The fourth-order valence-electron chi connectivity index (χ4n) is 2.15. The minimum Gasteiger partial charge on any atom is -0.396 e. The van der Waals surface area contributed by atoms with E-state index in [0.29, 0.717) is 11.9 Å². The summed E-state index contributed by atoms with van der Waals surface area (Å²) in [4.78, 5) is 10.6. The van der Waals surface area contributed by atoms with Gasteiger partial charge in [-0.15, -0.1) is 0 Å². The number of hydrogen-bond acceptors (Lipinski definition) is 6. The number of nitrogen functional groups attached to an aromatic ring is 1. The van der Waals surface area contributed by atoms with Crippen LogP contribution in [-0.4, -0.2) is 41.3 Å². The van der Waals surface area contributed by atoms with Gasteiger partial charge >= 0.3 is 0 Å². The van der Waals surface area contributed by atoms with Gasteiger partial charge in [0, 0.05) is 38.2 Å². The van der Waals surface area contributed by atoms with Gasteiger partial charge in [-0.3, -0.25) is 0 Å². The van der Waals surface area contributed by atoms with Crippen molar-refractivity contribution in [3.8, 4) is 0 Å². The Morgan fingerprint density at radius 3 is 3.06 bits per heavy atom. The first-order chi connectivity index (χ1) is 8.72. The van der Waals surface area contributed by atoms with E-state index in [-0.39, 0.29) is 6.61 Å². The minimum absolute atomic E-state index is 0.234. The second-order valence-electron chi connectivity index (χ2n) is 4.68. The Hall–Kier alpha value is -1.56. The number of aliphatic hydroxyl groups excluding tert-OH is 1. The number of anilines is 3. The highest BCUT2D eigenvalue weighted by molar-refractivity contribution is 5.53. The lowest BCUT2D eigenvalue weighted by Gasteiger charge is -2.18. The van der Waals surface area contributed by atoms with Gasteiger partial charge in [-0.2, -0.15) is 9.97 Å². The topological polar surface area (TPSA) is 87.3 Å². The molecule has 1 aliphatic rings. The van der Waals surface area contributed by atoms with Crippen LogP contribution in [0.3, 0.4) is 0 Å². The smallest absolute Gasteiger partial charge is 0.223 e. The summed E-state index contributed by atoms with van der Waals surface area (Å²) in [5, 5.41) is 12.4. The number of aliphatic hydroxyl groups is 1. The number of nitrogens with zero attached hydrogens (tertiary/aromatic N) is 3. The molecule has 0 spiro atoms. The minimum atomic E-state index is 0.234. The lowest BCUT2D eigenvalue weighted by molar-refractivity contribution is 0.238. The zero-order valence-electron chi connectivity index (χ0n) is 10.8. The van der Waals surface area contributed by atoms with Gasteiger partial charge in [0.25, 0.3) is 0 Å². The van der Waals surface area contributed by atoms with Crippen molar-refractivity contribution < 1.29 is 5.11 Å². The van der Waals surface area contributed by atoms with Crippen LogP contribution in [0.5, 0.6) is 0 Å². The van der Waals surface area contributed by atoms with E-state index in [4.69, 9.17) is 10.8 Å². The Bertz CT molecular complexity index is 398. The Balaban J connectivity index is 2.10. The first kappa shape index (κ1) is 12.9. The van der Waals surface area contributed by atoms with Crippen molar-refractivity contribution in [3.63, 3.8) is 0 Å². The zero-order valence-corrected chi connectivity index (χ0v) is 10.8. The maximum absolute atomic E-state index is 9.16. The van der Waals surface area contributed by atoms with Crippen LogP contribution in [0, 0.1) is 5.92 Å². The predicted molar refractivity (Wildman–Crippen MR) is 72.6 cm³/mol. The van der Waals surface area contributed by atoms with E-state index in [9.17, 15) is 0 Å². The van der Waals surface area contributed by atoms with Gasteiger partial charge in [0.1, 0.15) is 11.6 Å². The van der Waals surface area contributed by atoms with Crippen LogP contribution in [-0.2, 0) is 0 Å². The molecule has 6 nitrogen and oxygen atoms in total.